The molecular weight excluding hydrogens is 208 g/mol. The Kier molecular flexibility index (Phi) is 2.33. The molecule has 1 aromatic carbocycles. The molecule has 0 aliphatic rings. The number of fused-ring (bicyclic) bond motifs is 1. The first-order valence-electron chi connectivity index (χ1n) is 5.62. The second-order valence-corrected chi connectivity index (χ2v) is 4.09. The summed E-state index contributed by atoms with van der Waals surface area (Å²) in [7, 11) is 0. The first-order chi connectivity index (χ1) is 8.33. The summed E-state index contributed by atoms with van der Waals surface area (Å²) >= 11 is 0. The maximum absolute atomic E-state index is 4.41. The van der Waals surface area contributed by atoms with Gasteiger partial charge in [0, 0.05) is 22.8 Å². The van der Waals surface area contributed by atoms with Crippen LogP contribution in [0.4, 0.5) is 0 Å². The van der Waals surface area contributed by atoms with E-state index in [1.54, 1.807) is 0 Å². The molecule has 2 heterocycles. The third kappa shape index (κ3) is 1.89. The van der Waals surface area contributed by atoms with Gasteiger partial charge in [-0.25, -0.2) is 9.97 Å². The number of aromatic nitrogens is 2. The van der Waals surface area contributed by atoms with Crippen molar-refractivity contribution in [2.75, 3.05) is 0 Å². The normalized spacial score (nSPS) is 10.6. The lowest BCUT2D eigenvalue weighted by molar-refractivity contribution is 1.20. The minimum atomic E-state index is 0.810. The molecule has 82 valence electrons. The number of hydrogen-bond acceptors (Lipinski definition) is 2. The fourth-order valence-corrected chi connectivity index (χ4v) is 1.89. The number of hydrogen-bond donors (Lipinski definition) is 0. The monoisotopic (exact) mass is 220 g/mol. The first-order valence-corrected chi connectivity index (χ1v) is 5.62. The average Bonchev–Trinajstić information content (AvgIpc) is 2.39. The molecule has 0 aliphatic heterocycles. The summed E-state index contributed by atoms with van der Waals surface area (Å²) in [5, 5.41) is 1.08. The molecule has 3 aromatic rings. The molecule has 2 heteroatoms. The zero-order valence-electron chi connectivity index (χ0n) is 9.59. The Morgan fingerprint density at radius 1 is 0.882 bits per heavy atom. The SMILES string of the molecule is Cc1ccc2cc(-c3ccccc3)cnc2n1. The maximum atomic E-state index is 4.41. The molecule has 0 aliphatic carbocycles. The first kappa shape index (κ1) is 9.97. The summed E-state index contributed by atoms with van der Waals surface area (Å²) in [4.78, 5) is 8.81. The van der Waals surface area contributed by atoms with Crippen molar-refractivity contribution in [3.05, 3.63) is 60.4 Å². The Morgan fingerprint density at radius 2 is 1.71 bits per heavy atom. The molecular formula is C15H12N2. The Balaban J connectivity index is 2.17. The van der Waals surface area contributed by atoms with Gasteiger partial charge in [-0.15, -0.1) is 0 Å². The van der Waals surface area contributed by atoms with Crippen molar-refractivity contribution in [3.63, 3.8) is 0 Å². The molecule has 0 spiro atoms. The molecule has 0 amide bonds. The lowest BCUT2D eigenvalue weighted by atomic mass is 10.1. The summed E-state index contributed by atoms with van der Waals surface area (Å²) in [6, 6.07) is 16.5. The molecule has 0 fully saturated rings. The number of rotatable bonds is 1. The third-order valence-corrected chi connectivity index (χ3v) is 2.79. The predicted octanol–water partition coefficient (Wildman–Crippen LogP) is 3.61. The lowest BCUT2D eigenvalue weighted by Gasteiger charge is -2.03. The van der Waals surface area contributed by atoms with Crippen molar-refractivity contribution in [1.29, 1.82) is 0 Å². The fraction of sp³-hybridized carbons (Fsp3) is 0.0667. The van der Waals surface area contributed by atoms with Gasteiger partial charge in [0.2, 0.25) is 0 Å². The number of benzene rings is 1. The molecule has 2 nitrogen and oxygen atoms in total. The zero-order chi connectivity index (χ0) is 11.7. The summed E-state index contributed by atoms with van der Waals surface area (Å²) in [6.07, 6.45) is 1.88. The quantitative estimate of drug-likeness (QED) is 0.626. The molecule has 0 atom stereocenters. The summed E-state index contributed by atoms with van der Waals surface area (Å²) in [5.74, 6) is 0. The van der Waals surface area contributed by atoms with Gasteiger partial charge >= 0.3 is 0 Å². The van der Waals surface area contributed by atoms with Gasteiger partial charge in [0.25, 0.3) is 0 Å². The van der Waals surface area contributed by atoms with Gasteiger partial charge in [-0.1, -0.05) is 30.3 Å². The number of pyridine rings is 2. The van der Waals surface area contributed by atoms with E-state index >= 15 is 0 Å². The van der Waals surface area contributed by atoms with Gasteiger partial charge in [0.1, 0.15) is 0 Å². The van der Waals surface area contributed by atoms with Crippen molar-refractivity contribution < 1.29 is 0 Å². The van der Waals surface area contributed by atoms with E-state index in [1.165, 1.54) is 5.56 Å². The standard InChI is InChI=1S/C15H12N2/c1-11-7-8-13-9-14(10-16-15(13)17-11)12-5-3-2-4-6-12/h2-10H,1H3. The van der Waals surface area contributed by atoms with E-state index < -0.39 is 0 Å². The van der Waals surface area contributed by atoms with E-state index in [0.29, 0.717) is 0 Å². The highest BCUT2D eigenvalue weighted by atomic mass is 14.8. The van der Waals surface area contributed by atoms with Crippen LogP contribution in [0, 0.1) is 6.92 Å². The van der Waals surface area contributed by atoms with Gasteiger partial charge in [0.05, 0.1) is 0 Å². The largest absolute Gasteiger partial charge is 0.236 e. The van der Waals surface area contributed by atoms with E-state index in [4.69, 9.17) is 0 Å². The molecule has 17 heavy (non-hydrogen) atoms. The third-order valence-electron chi connectivity index (χ3n) is 2.79. The number of nitrogens with zero attached hydrogens (tertiary/aromatic N) is 2. The molecule has 0 radical (unpaired) electrons. The molecule has 0 bridgehead atoms. The Morgan fingerprint density at radius 3 is 2.53 bits per heavy atom. The van der Waals surface area contributed by atoms with Crippen LogP contribution in [0.5, 0.6) is 0 Å². The molecule has 0 N–H and O–H groups in total. The Hall–Kier alpha value is -2.22. The zero-order valence-corrected chi connectivity index (χ0v) is 9.59. The van der Waals surface area contributed by atoms with Crippen LogP contribution in [-0.4, -0.2) is 9.97 Å². The highest BCUT2D eigenvalue weighted by molar-refractivity contribution is 5.80. The van der Waals surface area contributed by atoms with E-state index in [9.17, 15) is 0 Å². The topological polar surface area (TPSA) is 25.8 Å². The Labute approximate surface area is 100.0 Å². The van der Waals surface area contributed by atoms with Crippen molar-refractivity contribution >= 4 is 11.0 Å². The Bertz CT molecular complexity index is 660. The van der Waals surface area contributed by atoms with Crippen LogP contribution >= 0.6 is 0 Å². The van der Waals surface area contributed by atoms with Crippen molar-refractivity contribution in [3.8, 4) is 11.1 Å². The minimum Gasteiger partial charge on any atom is -0.236 e. The smallest absolute Gasteiger partial charge is 0.159 e. The van der Waals surface area contributed by atoms with Crippen LogP contribution in [0.2, 0.25) is 0 Å². The fourth-order valence-electron chi connectivity index (χ4n) is 1.89. The van der Waals surface area contributed by atoms with Crippen molar-refractivity contribution in [2.45, 2.75) is 6.92 Å². The summed E-state index contributed by atoms with van der Waals surface area (Å²) in [5.41, 5.74) is 4.12. The van der Waals surface area contributed by atoms with Gasteiger partial charge < -0.3 is 0 Å². The van der Waals surface area contributed by atoms with Gasteiger partial charge in [-0.3, -0.25) is 0 Å². The van der Waals surface area contributed by atoms with Crippen molar-refractivity contribution in [2.24, 2.45) is 0 Å². The summed E-state index contributed by atoms with van der Waals surface area (Å²) < 4.78 is 0. The van der Waals surface area contributed by atoms with Crippen LogP contribution < -0.4 is 0 Å². The van der Waals surface area contributed by atoms with E-state index in [-0.39, 0.29) is 0 Å². The van der Waals surface area contributed by atoms with Gasteiger partial charge in [0.15, 0.2) is 5.65 Å². The van der Waals surface area contributed by atoms with Crippen LogP contribution in [0.15, 0.2) is 54.7 Å². The van der Waals surface area contributed by atoms with Crippen LogP contribution in [0.25, 0.3) is 22.2 Å². The molecule has 0 unspecified atom stereocenters. The highest BCUT2D eigenvalue weighted by Crippen LogP contribution is 2.21. The van der Waals surface area contributed by atoms with Crippen LogP contribution in [0.1, 0.15) is 5.69 Å². The van der Waals surface area contributed by atoms with E-state index in [2.05, 4.69) is 34.2 Å². The van der Waals surface area contributed by atoms with Crippen LogP contribution in [-0.2, 0) is 0 Å². The van der Waals surface area contributed by atoms with Gasteiger partial charge in [-0.05, 0) is 30.7 Å². The van der Waals surface area contributed by atoms with Crippen LogP contribution in [0.3, 0.4) is 0 Å². The second kappa shape index (κ2) is 3.98. The molecule has 0 saturated heterocycles. The van der Waals surface area contributed by atoms with Crippen molar-refractivity contribution in [1.82, 2.24) is 9.97 Å². The summed E-state index contributed by atoms with van der Waals surface area (Å²) in [6.45, 7) is 1.98. The second-order valence-electron chi connectivity index (χ2n) is 4.09. The van der Waals surface area contributed by atoms with E-state index in [1.807, 2.05) is 37.4 Å². The maximum Gasteiger partial charge on any atom is 0.159 e. The lowest BCUT2D eigenvalue weighted by Crippen LogP contribution is -1.87. The predicted molar refractivity (Wildman–Crippen MR) is 69.7 cm³/mol. The number of aryl methyl sites for hydroxylation is 1. The highest BCUT2D eigenvalue weighted by Gasteiger charge is 2.01. The van der Waals surface area contributed by atoms with E-state index in [0.717, 1.165) is 22.3 Å². The molecule has 0 saturated carbocycles. The molecule has 2 aromatic heterocycles. The van der Waals surface area contributed by atoms with Gasteiger partial charge in [-0.2, -0.15) is 0 Å². The molecule has 3 rings (SSSR count). The minimum absolute atomic E-state index is 0.810. The average molecular weight is 220 g/mol.